The molecule has 2 aromatic heterocycles. The van der Waals surface area contributed by atoms with Gasteiger partial charge in [-0.25, -0.2) is 14.0 Å². The highest BCUT2D eigenvalue weighted by atomic mass is 79.9. The predicted octanol–water partition coefficient (Wildman–Crippen LogP) is 6.08. The molecular weight excluding hydrogens is 598 g/mol. The average molecular weight is 621 g/mol. The topological polar surface area (TPSA) is 145 Å². The van der Waals surface area contributed by atoms with Crippen molar-refractivity contribution in [3.63, 3.8) is 0 Å². The molecule has 0 fully saturated rings. The zero-order valence-corrected chi connectivity index (χ0v) is 24.2. The van der Waals surface area contributed by atoms with Gasteiger partial charge >= 0.3 is 6.09 Å². The molecule has 0 saturated carbocycles. The van der Waals surface area contributed by atoms with E-state index in [4.69, 9.17) is 15.4 Å². The lowest BCUT2D eigenvalue weighted by molar-refractivity contribution is 0.0563. The van der Waals surface area contributed by atoms with E-state index in [1.165, 1.54) is 36.2 Å². The fourth-order valence-corrected chi connectivity index (χ4v) is 7.99. The Balaban J connectivity index is 2.13. The molecule has 3 rings (SSSR count). The normalized spacial score (nSPS) is 12.6. The fourth-order valence-electron chi connectivity index (χ4n) is 2.91. The Hall–Kier alpha value is -3.05. The molecule has 0 spiro atoms. The van der Waals surface area contributed by atoms with Gasteiger partial charge in [-0.05, 0) is 63.4 Å². The highest BCUT2D eigenvalue weighted by Crippen LogP contribution is 2.39. The van der Waals surface area contributed by atoms with Crippen molar-refractivity contribution in [3.05, 3.63) is 69.3 Å². The molecule has 0 saturated heterocycles. The van der Waals surface area contributed by atoms with Crippen LogP contribution in [-0.2, 0) is 14.5 Å². The molecule has 0 aliphatic carbocycles. The summed E-state index contributed by atoms with van der Waals surface area (Å²) in [6.07, 6.45) is 2.19. The van der Waals surface area contributed by atoms with Crippen LogP contribution in [0.15, 0.2) is 71.5 Å². The summed E-state index contributed by atoms with van der Waals surface area (Å²) in [6, 6.07) is 12.8. The number of amidine groups is 1. The van der Waals surface area contributed by atoms with Gasteiger partial charge in [0.05, 0.1) is 24.4 Å². The number of carbonyl (C=O) groups excluding carboxylic acids is 2. The molecule has 3 aromatic rings. The third kappa shape index (κ3) is 7.04. The number of amides is 2. The minimum Gasteiger partial charge on any atom is -0.444 e. The number of thioether (sulfide) groups is 1. The lowest BCUT2D eigenvalue weighted by atomic mass is 10.2. The number of aromatic nitrogens is 1. The van der Waals surface area contributed by atoms with Crippen molar-refractivity contribution in [1.82, 2.24) is 10.3 Å². The maximum absolute atomic E-state index is 14.6. The summed E-state index contributed by atoms with van der Waals surface area (Å²) < 4.78 is 25.2. The van der Waals surface area contributed by atoms with E-state index in [0.29, 0.717) is 13.6 Å². The zero-order valence-electron chi connectivity index (χ0n) is 20.2. The van der Waals surface area contributed by atoms with Crippen LogP contribution in [0, 0.1) is 16.7 Å². The van der Waals surface area contributed by atoms with Gasteiger partial charge in [0.1, 0.15) is 32.9 Å². The molecule has 2 N–H and O–H groups in total. The van der Waals surface area contributed by atoms with E-state index in [2.05, 4.69) is 30.6 Å². The number of hydrogen-bond donors (Lipinski definition) is 2. The summed E-state index contributed by atoms with van der Waals surface area (Å²) in [5, 5.41) is 19.7. The monoisotopic (exact) mass is 619 g/mol. The minimum atomic E-state index is -3.54. The second-order valence-electron chi connectivity index (χ2n) is 8.39. The van der Waals surface area contributed by atoms with Gasteiger partial charge in [-0.15, -0.1) is 27.5 Å². The molecule has 1 atom stereocenters. The van der Waals surface area contributed by atoms with Gasteiger partial charge in [0, 0.05) is 10.7 Å². The van der Waals surface area contributed by atoms with E-state index in [1.807, 2.05) is 6.07 Å². The maximum Gasteiger partial charge on any atom is 0.413 e. The van der Waals surface area contributed by atoms with E-state index in [0.717, 1.165) is 11.3 Å². The first kappa shape index (κ1) is 28.5. The standard InChI is InChI=1S/C24H22BrN5O4S3/c1-24(2,3)34-23(32)29-20(27)18-11-19(22(35-4)36-18)37(33,17-7-5-6-15(25)10-17)30-21(31)14-8-9-16(12-26)28-13-14/h5-11,13H,1-4H3,(H2,27,29,32). The number of alkyl carbamates (subject to hydrolysis) is 1. The number of thiophene rings is 1. The fraction of sp³-hybridized carbons (Fsp3) is 0.208. The van der Waals surface area contributed by atoms with Gasteiger partial charge in [0.2, 0.25) is 0 Å². The molecule has 2 amide bonds. The highest BCUT2D eigenvalue weighted by molar-refractivity contribution is 9.10. The van der Waals surface area contributed by atoms with Gasteiger partial charge in [0.25, 0.3) is 5.91 Å². The number of benzene rings is 1. The van der Waals surface area contributed by atoms with Gasteiger partial charge in [-0.3, -0.25) is 15.5 Å². The Morgan fingerprint density at radius 3 is 2.57 bits per heavy atom. The van der Waals surface area contributed by atoms with Crippen LogP contribution in [0.2, 0.25) is 0 Å². The first-order valence-electron chi connectivity index (χ1n) is 10.6. The molecule has 0 aliphatic rings. The van der Waals surface area contributed by atoms with Crippen molar-refractivity contribution in [2.24, 2.45) is 4.36 Å². The van der Waals surface area contributed by atoms with Crippen molar-refractivity contribution in [1.29, 1.82) is 10.7 Å². The van der Waals surface area contributed by atoms with Gasteiger partial charge in [-0.2, -0.15) is 5.26 Å². The SMILES string of the molecule is CSc1sc(C(=N)NC(=O)OC(C)(C)C)cc1S(=O)(=NC(=O)c1ccc(C#N)nc1)c1cccc(Br)c1. The van der Waals surface area contributed by atoms with Crippen molar-refractivity contribution >= 4 is 66.6 Å². The van der Waals surface area contributed by atoms with Crippen LogP contribution in [-0.4, -0.2) is 38.9 Å². The second kappa shape index (κ2) is 11.6. The quantitative estimate of drug-likeness (QED) is 0.200. The molecule has 13 heteroatoms. The van der Waals surface area contributed by atoms with Crippen molar-refractivity contribution in [2.75, 3.05) is 6.26 Å². The number of carbonyl (C=O) groups is 2. The third-order valence-corrected chi connectivity index (χ3v) is 9.75. The summed E-state index contributed by atoms with van der Waals surface area (Å²) in [5.41, 5.74) is -0.543. The smallest absolute Gasteiger partial charge is 0.413 e. The Morgan fingerprint density at radius 1 is 1.27 bits per heavy atom. The molecule has 0 aliphatic heterocycles. The number of hydrogen-bond acceptors (Lipinski definition) is 9. The first-order valence-corrected chi connectivity index (χ1v) is 14.9. The number of ether oxygens (including phenoxy) is 1. The summed E-state index contributed by atoms with van der Waals surface area (Å²) >= 11 is 5.80. The van der Waals surface area contributed by atoms with Crippen molar-refractivity contribution < 1.29 is 18.5 Å². The molecular formula is C24H22BrN5O4S3. The van der Waals surface area contributed by atoms with E-state index < -0.39 is 27.3 Å². The van der Waals surface area contributed by atoms with E-state index in [9.17, 15) is 13.8 Å². The van der Waals surface area contributed by atoms with Crippen LogP contribution in [0.1, 0.15) is 41.7 Å². The summed E-state index contributed by atoms with van der Waals surface area (Å²) in [7, 11) is -3.54. The van der Waals surface area contributed by atoms with E-state index in [-0.39, 0.29) is 26.9 Å². The lowest BCUT2D eigenvalue weighted by Crippen LogP contribution is -2.36. The molecule has 0 bridgehead atoms. The van der Waals surface area contributed by atoms with E-state index >= 15 is 0 Å². The molecule has 37 heavy (non-hydrogen) atoms. The molecule has 2 heterocycles. The maximum atomic E-state index is 14.6. The number of nitrogens with one attached hydrogen (secondary N) is 2. The van der Waals surface area contributed by atoms with Crippen LogP contribution < -0.4 is 5.32 Å². The second-order valence-corrected chi connectivity index (χ2v) is 13.6. The Labute approximate surface area is 231 Å². The van der Waals surface area contributed by atoms with Gasteiger partial charge in [0.15, 0.2) is 0 Å². The van der Waals surface area contributed by atoms with Gasteiger partial charge < -0.3 is 4.74 Å². The summed E-state index contributed by atoms with van der Waals surface area (Å²) in [6.45, 7) is 5.13. The number of rotatable bonds is 5. The lowest BCUT2D eigenvalue weighted by Gasteiger charge is -2.19. The van der Waals surface area contributed by atoms with Crippen LogP contribution in [0.5, 0.6) is 0 Å². The van der Waals surface area contributed by atoms with Gasteiger partial charge in [-0.1, -0.05) is 22.0 Å². The molecule has 192 valence electrons. The van der Waals surface area contributed by atoms with Crippen molar-refractivity contribution in [3.8, 4) is 6.07 Å². The number of pyridine rings is 1. The van der Waals surface area contributed by atoms with Crippen LogP contribution in [0.25, 0.3) is 0 Å². The van der Waals surface area contributed by atoms with Crippen molar-refractivity contribution in [2.45, 2.75) is 40.4 Å². The molecule has 1 unspecified atom stereocenters. The Morgan fingerprint density at radius 2 is 2.00 bits per heavy atom. The summed E-state index contributed by atoms with van der Waals surface area (Å²) in [4.78, 5) is 30.0. The third-order valence-electron chi connectivity index (χ3n) is 4.47. The van der Waals surface area contributed by atoms with E-state index in [1.54, 1.807) is 51.3 Å². The van der Waals surface area contributed by atoms with Crippen LogP contribution in [0.4, 0.5) is 4.79 Å². The number of nitrogens with zero attached hydrogens (tertiary/aromatic N) is 3. The molecule has 0 radical (unpaired) electrons. The molecule has 9 nitrogen and oxygen atoms in total. The minimum absolute atomic E-state index is 0.0715. The Bertz CT molecular complexity index is 1530. The largest absolute Gasteiger partial charge is 0.444 e. The average Bonchev–Trinajstić information content (AvgIpc) is 3.28. The predicted molar refractivity (Wildman–Crippen MR) is 147 cm³/mol. The molecule has 1 aromatic carbocycles. The zero-order chi connectivity index (χ0) is 27.4. The number of nitriles is 1. The summed E-state index contributed by atoms with van der Waals surface area (Å²) in [5.74, 6) is -1.01. The highest BCUT2D eigenvalue weighted by Gasteiger charge is 2.27. The number of halogens is 1. The van der Waals surface area contributed by atoms with Crippen LogP contribution in [0.3, 0.4) is 0 Å². The first-order chi connectivity index (χ1) is 17.4. The Kier molecular flexibility index (Phi) is 8.91. The van der Waals surface area contributed by atoms with Crippen LogP contribution >= 0.6 is 39.0 Å².